The molecule has 0 aliphatic heterocycles. The first-order valence-electron chi connectivity index (χ1n) is 7.19. The largest absolute Gasteiger partial charge is 0.508 e. The monoisotopic (exact) mass is 364 g/mol. The molecule has 25 heavy (non-hydrogen) atoms. The zero-order valence-corrected chi connectivity index (χ0v) is 12.6. The summed E-state index contributed by atoms with van der Waals surface area (Å²) in [5.41, 5.74) is -0.556. The fourth-order valence-electron chi connectivity index (χ4n) is 2.64. The molecule has 136 valence electrons. The smallest absolute Gasteiger partial charge is 0.396 e. The molecule has 2 rings (SSSR count). The van der Waals surface area contributed by atoms with Crippen LogP contribution in [0.1, 0.15) is 17.0 Å². The number of phenols is 2. The molecule has 2 aromatic rings. The van der Waals surface area contributed by atoms with Crippen LogP contribution in [0, 0.1) is 5.92 Å². The molecule has 0 spiro atoms. The van der Waals surface area contributed by atoms with Crippen molar-refractivity contribution in [2.24, 2.45) is 5.92 Å². The van der Waals surface area contributed by atoms with Crippen molar-refractivity contribution in [3.05, 3.63) is 59.7 Å². The molecule has 0 aliphatic rings. The van der Waals surface area contributed by atoms with Crippen LogP contribution in [0.25, 0.3) is 0 Å². The van der Waals surface area contributed by atoms with Gasteiger partial charge in [0.15, 0.2) is 0 Å². The van der Waals surface area contributed by atoms with Crippen molar-refractivity contribution < 1.29 is 36.6 Å². The van der Waals surface area contributed by atoms with E-state index in [1.165, 1.54) is 0 Å². The van der Waals surface area contributed by atoms with Gasteiger partial charge in [0.2, 0.25) is 0 Å². The van der Waals surface area contributed by atoms with Gasteiger partial charge in [-0.25, -0.2) is 0 Å². The van der Waals surface area contributed by atoms with Gasteiger partial charge in [0.25, 0.3) is 0 Å². The van der Waals surface area contributed by atoms with E-state index in [4.69, 9.17) is 5.11 Å². The molecule has 2 aromatic carbocycles. The van der Waals surface area contributed by atoms with Crippen LogP contribution in [-0.2, 0) is 6.42 Å². The Labute approximate surface area is 139 Å². The number of benzene rings is 2. The number of aromatic hydroxyl groups is 2. The maximum absolute atomic E-state index is 13.5. The lowest BCUT2D eigenvalue weighted by atomic mass is 9.81. The summed E-state index contributed by atoms with van der Waals surface area (Å²) < 4.78 is 80.6. The fourth-order valence-corrected chi connectivity index (χ4v) is 2.64. The first-order valence-corrected chi connectivity index (χ1v) is 7.19. The fraction of sp³-hybridized carbons (Fsp3) is 0.294. The molecule has 0 saturated heterocycles. The zero-order valence-electron chi connectivity index (χ0n) is 12.6. The molecule has 2 nitrogen and oxygen atoms in total. The van der Waals surface area contributed by atoms with Gasteiger partial charge >= 0.3 is 12.4 Å². The maximum atomic E-state index is 13.5. The second-order valence-corrected chi connectivity index (χ2v) is 5.63. The van der Waals surface area contributed by atoms with Crippen LogP contribution in [0.4, 0.5) is 26.3 Å². The number of rotatable bonds is 4. The molecule has 0 aromatic heterocycles. The molecule has 0 fully saturated rings. The van der Waals surface area contributed by atoms with Gasteiger partial charge in [0, 0.05) is 0 Å². The lowest BCUT2D eigenvalue weighted by Gasteiger charge is -2.31. The minimum Gasteiger partial charge on any atom is -0.508 e. The third-order valence-corrected chi connectivity index (χ3v) is 3.82. The van der Waals surface area contributed by atoms with E-state index in [-0.39, 0.29) is 17.1 Å². The molecule has 0 bridgehead atoms. The summed E-state index contributed by atoms with van der Waals surface area (Å²) >= 11 is 0. The summed E-state index contributed by atoms with van der Waals surface area (Å²) in [7, 11) is 0. The quantitative estimate of drug-likeness (QED) is 0.736. The van der Waals surface area contributed by atoms with E-state index in [0.717, 1.165) is 48.5 Å². The molecule has 2 N–H and O–H groups in total. The molecule has 0 heterocycles. The number of hydrogen-bond donors (Lipinski definition) is 2. The molecular weight excluding hydrogens is 350 g/mol. The van der Waals surface area contributed by atoms with Crippen molar-refractivity contribution in [3.8, 4) is 11.5 Å². The Morgan fingerprint density at radius 2 is 1.12 bits per heavy atom. The lowest BCUT2D eigenvalue weighted by Crippen LogP contribution is -2.38. The van der Waals surface area contributed by atoms with E-state index in [2.05, 4.69) is 0 Å². The SMILES string of the molecule is Oc1ccc(CC(C(c2ccc(O)cc2)C(F)(F)F)C(F)(F)F)cc1. The van der Waals surface area contributed by atoms with Crippen LogP contribution < -0.4 is 0 Å². The molecule has 0 amide bonds. The van der Waals surface area contributed by atoms with Gasteiger partial charge in [-0.3, -0.25) is 0 Å². The van der Waals surface area contributed by atoms with E-state index < -0.39 is 36.2 Å². The van der Waals surface area contributed by atoms with Gasteiger partial charge in [0.1, 0.15) is 11.5 Å². The summed E-state index contributed by atoms with van der Waals surface area (Å²) in [6.45, 7) is 0. The van der Waals surface area contributed by atoms with E-state index >= 15 is 0 Å². The summed E-state index contributed by atoms with van der Waals surface area (Å²) in [5.74, 6) is -6.02. The summed E-state index contributed by atoms with van der Waals surface area (Å²) in [6, 6.07) is 8.05. The first kappa shape index (κ1) is 19.0. The zero-order chi connectivity index (χ0) is 18.8. The normalized spacial score (nSPS) is 15.0. The third kappa shape index (κ3) is 4.80. The third-order valence-electron chi connectivity index (χ3n) is 3.82. The highest BCUT2D eigenvalue weighted by Gasteiger charge is 2.55. The average molecular weight is 364 g/mol. The highest BCUT2D eigenvalue weighted by atomic mass is 19.4. The van der Waals surface area contributed by atoms with E-state index in [1.807, 2.05) is 0 Å². The standard InChI is InChI=1S/C17H14F6O2/c18-16(19,20)14(9-10-1-5-12(24)6-2-10)15(17(21,22)23)11-3-7-13(25)8-4-11/h1-8,14-15,24-25H,9H2. The second-order valence-electron chi connectivity index (χ2n) is 5.63. The van der Waals surface area contributed by atoms with Crippen LogP contribution in [0.15, 0.2) is 48.5 Å². The van der Waals surface area contributed by atoms with Crippen molar-refractivity contribution in [3.63, 3.8) is 0 Å². The maximum Gasteiger partial charge on any atom is 0.396 e. The Morgan fingerprint density at radius 3 is 1.52 bits per heavy atom. The molecule has 0 aliphatic carbocycles. The predicted molar refractivity (Wildman–Crippen MR) is 78.3 cm³/mol. The van der Waals surface area contributed by atoms with Crippen LogP contribution in [0.5, 0.6) is 11.5 Å². The molecule has 8 heteroatoms. The molecule has 0 saturated carbocycles. The summed E-state index contributed by atoms with van der Waals surface area (Å²) in [6.07, 6.45) is -11.1. The van der Waals surface area contributed by atoms with Crippen LogP contribution >= 0.6 is 0 Å². The van der Waals surface area contributed by atoms with Gasteiger partial charge in [-0.05, 0) is 41.8 Å². The van der Waals surface area contributed by atoms with Crippen LogP contribution in [-0.4, -0.2) is 22.6 Å². The number of phenolic OH excluding ortho intramolecular Hbond substituents is 2. The van der Waals surface area contributed by atoms with E-state index in [1.54, 1.807) is 0 Å². The minimum atomic E-state index is -5.13. The lowest BCUT2D eigenvalue weighted by molar-refractivity contribution is -0.232. The van der Waals surface area contributed by atoms with Crippen LogP contribution in [0.2, 0.25) is 0 Å². The molecule has 2 atom stereocenters. The van der Waals surface area contributed by atoms with Crippen molar-refractivity contribution in [2.45, 2.75) is 24.7 Å². The summed E-state index contributed by atoms with van der Waals surface area (Å²) in [5, 5.41) is 18.3. The van der Waals surface area contributed by atoms with Crippen molar-refractivity contribution in [2.75, 3.05) is 0 Å². The topological polar surface area (TPSA) is 40.5 Å². The van der Waals surface area contributed by atoms with E-state index in [0.29, 0.717) is 0 Å². The van der Waals surface area contributed by atoms with Crippen molar-refractivity contribution >= 4 is 0 Å². The van der Waals surface area contributed by atoms with Gasteiger partial charge < -0.3 is 10.2 Å². The Balaban J connectivity index is 2.47. The van der Waals surface area contributed by atoms with Gasteiger partial charge in [-0.1, -0.05) is 24.3 Å². The van der Waals surface area contributed by atoms with Gasteiger partial charge in [-0.2, -0.15) is 26.3 Å². The van der Waals surface area contributed by atoms with Gasteiger partial charge in [0.05, 0.1) is 11.8 Å². The summed E-state index contributed by atoms with van der Waals surface area (Å²) in [4.78, 5) is 0. The minimum absolute atomic E-state index is 0.0214. The van der Waals surface area contributed by atoms with E-state index in [9.17, 15) is 31.4 Å². The Kier molecular flexibility index (Phi) is 5.20. The molecule has 2 unspecified atom stereocenters. The molecule has 0 radical (unpaired) electrons. The Bertz CT molecular complexity index is 689. The Hall–Kier alpha value is -2.38. The first-order chi connectivity index (χ1) is 11.5. The van der Waals surface area contributed by atoms with Crippen molar-refractivity contribution in [1.29, 1.82) is 0 Å². The van der Waals surface area contributed by atoms with Crippen molar-refractivity contribution in [1.82, 2.24) is 0 Å². The second kappa shape index (κ2) is 6.85. The molecular formula is C17H14F6O2. The number of alkyl halides is 6. The van der Waals surface area contributed by atoms with Crippen LogP contribution in [0.3, 0.4) is 0 Å². The highest BCUT2D eigenvalue weighted by Crippen LogP contribution is 2.48. The highest BCUT2D eigenvalue weighted by molar-refractivity contribution is 5.31. The average Bonchev–Trinajstić information content (AvgIpc) is 2.48. The predicted octanol–water partition coefficient (Wildman–Crippen LogP) is 5.16. The Morgan fingerprint density at radius 1 is 0.680 bits per heavy atom. The number of halogens is 6. The number of hydrogen-bond acceptors (Lipinski definition) is 2. The van der Waals surface area contributed by atoms with Gasteiger partial charge in [-0.15, -0.1) is 0 Å².